The number of hydrogen-bond donors (Lipinski definition) is 3. The summed E-state index contributed by atoms with van der Waals surface area (Å²) < 4.78 is 0. The number of nitrogens with one attached hydrogen (secondary N) is 1. The molecule has 9 heavy (non-hydrogen) atoms. The van der Waals surface area contributed by atoms with Crippen LogP contribution in [-0.4, -0.2) is 24.8 Å². The van der Waals surface area contributed by atoms with Crippen LogP contribution >= 0.6 is 11.8 Å². The minimum atomic E-state index is -0.355. The Kier molecular flexibility index (Phi) is 6.51. The molecule has 0 rings (SSSR count). The molecule has 0 spiro atoms. The van der Waals surface area contributed by atoms with Gasteiger partial charge in [0, 0.05) is 0 Å². The molecule has 0 radical (unpaired) electrons. The van der Waals surface area contributed by atoms with Crippen LogP contribution in [0.25, 0.3) is 0 Å². The molecule has 0 saturated heterocycles. The Balaban J connectivity index is 2.75. The van der Waals surface area contributed by atoms with E-state index < -0.39 is 0 Å². The molecule has 0 aliphatic heterocycles. The molecule has 0 aromatic rings. The lowest BCUT2D eigenvalue weighted by atomic mass is 10.5. The van der Waals surface area contributed by atoms with E-state index in [2.05, 4.69) is 11.6 Å². The third kappa shape index (κ3) is 8.23. The first kappa shape index (κ1) is 9.23. The average Bonchev–Trinajstić information content (AvgIpc) is 1.80. The topological polar surface area (TPSA) is 64.1 Å². The highest BCUT2D eigenvalue weighted by molar-refractivity contribution is 7.98. The van der Waals surface area contributed by atoms with Crippen LogP contribution in [0.4, 0.5) is 0 Å². The van der Waals surface area contributed by atoms with Crippen molar-refractivity contribution in [2.45, 2.75) is 12.7 Å². The summed E-state index contributed by atoms with van der Waals surface area (Å²) in [7, 11) is 0. The lowest BCUT2D eigenvalue weighted by Crippen LogP contribution is -2.45. The monoisotopic (exact) mass is 149 g/mol. The third-order valence-electron chi connectivity index (χ3n) is 0.905. The summed E-state index contributed by atoms with van der Waals surface area (Å²) in [6, 6.07) is 0. The van der Waals surface area contributed by atoms with Gasteiger partial charge in [-0.25, -0.2) is 0 Å². The van der Waals surface area contributed by atoms with Gasteiger partial charge in [-0.2, -0.15) is 11.8 Å². The first-order chi connectivity index (χ1) is 4.27. The molecule has 3 nitrogen and oxygen atoms in total. The Bertz CT molecular complexity index is 58.2. The Morgan fingerprint density at radius 3 is 2.67 bits per heavy atom. The van der Waals surface area contributed by atoms with E-state index in [0.717, 1.165) is 13.0 Å². The van der Waals surface area contributed by atoms with Crippen molar-refractivity contribution in [3.05, 3.63) is 0 Å². The number of hydrogen-bond acceptors (Lipinski definition) is 4. The van der Waals surface area contributed by atoms with Crippen LogP contribution in [0.5, 0.6) is 0 Å². The molecule has 4 heteroatoms. The molecular formula is C5H15N3S. The largest absolute Gasteiger partial charge is 0.304 e. The second kappa shape index (κ2) is 6.35. The molecule has 5 N–H and O–H groups in total. The molecular weight excluding hydrogens is 134 g/mol. The summed E-state index contributed by atoms with van der Waals surface area (Å²) in [6.45, 7) is 0.915. The molecule has 0 aromatic carbocycles. The molecule has 0 atom stereocenters. The van der Waals surface area contributed by atoms with Gasteiger partial charge in [-0.05, 0) is 25.0 Å². The van der Waals surface area contributed by atoms with Crippen LogP contribution in [0.1, 0.15) is 6.42 Å². The predicted molar refractivity (Wildman–Crippen MR) is 43.2 cm³/mol. The lowest BCUT2D eigenvalue weighted by Gasteiger charge is -2.06. The minimum absolute atomic E-state index is 0.355. The Hall–Kier alpha value is 0.230. The van der Waals surface area contributed by atoms with Crippen LogP contribution in [0.3, 0.4) is 0 Å². The SMILES string of the molecule is CSCCCNC(N)N. The second-order valence-corrected chi connectivity index (χ2v) is 2.81. The fourth-order valence-corrected chi connectivity index (χ4v) is 0.918. The van der Waals surface area contributed by atoms with E-state index >= 15 is 0 Å². The van der Waals surface area contributed by atoms with Gasteiger partial charge >= 0.3 is 0 Å². The minimum Gasteiger partial charge on any atom is -0.304 e. The van der Waals surface area contributed by atoms with E-state index in [1.54, 1.807) is 0 Å². The number of rotatable bonds is 5. The van der Waals surface area contributed by atoms with Gasteiger partial charge in [0.25, 0.3) is 0 Å². The Labute approximate surface area is 60.6 Å². The lowest BCUT2D eigenvalue weighted by molar-refractivity contribution is 0.544. The molecule has 0 fully saturated rings. The van der Waals surface area contributed by atoms with E-state index in [-0.39, 0.29) is 6.29 Å². The van der Waals surface area contributed by atoms with Crippen LogP contribution in [0.15, 0.2) is 0 Å². The highest BCUT2D eigenvalue weighted by atomic mass is 32.2. The van der Waals surface area contributed by atoms with E-state index in [1.165, 1.54) is 5.75 Å². The molecule has 0 unspecified atom stereocenters. The number of nitrogens with two attached hydrogens (primary N) is 2. The van der Waals surface area contributed by atoms with E-state index in [0.29, 0.717) is 0 Å². The van der Waals surface area contributed by atoms with Crippen molar-refractivity contribution >= 4 is 11.8 Å². The molecule has 0 aliphatic carbocycles. The normalized spacial score (nSPS) is 10.7. The number of thioether (sulfide) groups is 1. The van der Waals surface area contributed by atoms with Gasteiger partial charge in [0.2, 0.25) is 0 Å². The third-order valence-corrected chi connectivity index (χ3v) is 1.60. The van der Waals surface area contributed by atoms with Crippen LogP contribution in [0.2, 0.25) is 0 Å². The van der Waals surface area contributed by atoms with E-state index in [4.69, 9.17) is 11.5 Å². The highest BCUT2D eigenvalue weighted by Gasteiger charge is 1.89. The standard InChI is InChI=1S/C5H15N3S/c1-9-4-2-3-8-5(6)7/h5,8H,2-4,6-7H2,1H3. The van der Waals surface area contributed by atoms with Crippen molar-refractivity contribution in [2.24, 2.45) is 11.5 Å². The maximum Gasteiger partial charge on any atom is 0.106 e. The fourth-order valence-electron chi connectivity index (χ4n) is 0.485. The van der Waals surface area contributed by atoms with E-state index in [1.807, 2.05) is 11.8 Å². The summed E-state index contributed by atoms with van der Waals surface area (Å²) in [5, 5.41) is 2.92. The fraction of sp³-hybridized carbons (Fsp3) is 1.00. The van der Waals surface area contributed by atoms with Crippen molar-refractivity contribution in [3.8, 4) is 0 Å². The van der Waals surface area contributed by atoms with Crippen molar-refractivity contribution in [2.75, 3.05) is 18.6 Å². The van der Waals surface area contributed by atoms with Crippen molar-refractivity contribution in [3.63, 3.8) is 0 Å². The molecule has 0 aliphatic rings. The summed E-state index contributed by atoms with van der Waals surface area (Å²) in [6.07, 6.45) is 2.86. The molecule has 56 valence electrons. The summed E-state index contributed by atoms with van der Waals surface area (Å²) >= 11 is 1.83. The van der Waals surface area contributed by atoms with Gasteiger partial charge in [0.05, 0.1) is 0 Å². The second-order valence-electron chi connectivity index (χ2n) is 1.83. The summed E-state index contributed by atoms with van der Waals surface area (Å²) in [5.41, 5.74) is 10.5. The van der Waals surface area contributed by atoms with Gasteiger partial charge in [-0.1, -0.05) is 0 Å². The van der Waals surface area contributed by atoms with Crippen LogP contribution in [0, 0.1) is 0 Å². The summed E-state index contributed by atoms with van der Waals surface area (Å²) in [5.74, 6) is 1.17. The maximum absolute atomic E-state index is 5.23. The van der Waals surface area contributed by atoms with Gasteiger partial charge < -0.3 is 11.5 Å². The summed E-state index contributed by atoms with van der Waals surface area (Å²) in [4.78, 5) is 0. The molecule has 0 bridgehead atoms. The maximum atomic E-state index is 5.23. The molecule has 0 amide bonds. The highest BCUT2D eigenvalue weighted by Crippen LogP contribution is 1.92. The van der Waals surface area contributed by atoms with Crippen LogP contribution < -0.4 is 16.8 Å². The molecule has 0 saturated carbocycles. The van der Waals surface area contributed by atoms with Crippen molar-refractivity contribution in [1.82, 2.24) is 5.32 Å². The smallest absolute Gasteiger partial charge is 0.106 e. The predicted octanol–water partition coefficient (Wildman–Crippen LogP) is -0.470. The van der Waals surface area contributed by atoms with Gasteiger partial charge in [-0.15, -0.1) is 0 Å². The van der Waals surface area contributed by atoms with Gasteiger partial charge in [-0.3, -0.25) is 5.32 Å². The Morgan fingerprint density at radius 2 is 2.22 bits per heavy atom. The molecule has 0 heterocycles. The zero-order valence-electron chi connectivity index (χ0n) is 5.76. The van der Waals surface area contributed by atoms with E-state index in [9.17, 15) is 0 Å². The molecule has 0 aromatic heterocycles. The zero-order chi connectivity index (χ0) is 7.11. The van der Waals surface area contributed by atoms with Crippen molar-refractivity contribution in [1.29, 1.82) is 0 Å². The van der Waals surface area contributed by atoms with Crippen molar-refractivity contribution < 1.29 is 0 Å². The first-order valence-corrected chi connectivity index (χ1v) is 4.40. The van der Waals surface area contributed by atoms with Gasteiger partial charge in [0.1, 0.15) is 6.29 Å². The zero-order valence-corrected chi connectivity index (χ0v) is 6.58. The first-order valence-electron chi connectivity index (χ1n) is 3.01. The average molecular weight is 149 g/mol. The quantitative estimate of drug-likeness (QED) is 0.365. The van der Waals surface area contributed by atoms with Gasteiger partial charge in [0.15, 0.2) is 0 Å². The van der Waals surface area contributed by atoms with Crippen LogP contribution in [-0.2, 0) is 0 Å². The Morgan fingerprint density at radius 1 is 1.56 bits per heavy atom.